The molecule has 0 aliphatic carbocycles. The summed E-state index contributed by atoms with van der Waals surface area (Å²) in [5.41, 5.74) is 1.10. The summed E-state index contributed by atoms with van der Waals surface area (Å²) in [5, 5.41) is 0. The minimum atomic E-state index is 0.825. The second-order valence-electron chi connectivity index (χ2n) is 2.73. The van der Waals surface area contributed by atoms with Crippen LogP contribution in [0.4, 0.5) is 5.95 Å². The van der Waals surface area contributed by atoms with Crippen molar-refractivity contribution >= 4 is 5.95 Å². The van der Waals surface area contributed by atoms with Crippen LogP contribution in [0.3, 0.4) is 0 Å². The smallest absolute Gasteiger partial charge is 0.225 e. The Kier molecular flexibility index (Phi) is 3.02. The maximum absolute atomic E-state index is 4.24. The zero-order chi connectivity index (χ0) is 8.97. The number of hydrogen-bond acceptors (Lipinski definition) is 3. The molecule has 0 amide bonds. The third-order valence-corrected chi connectivity index (χ3v) is 1.81. The van der Waals surface area contributed by atoms with E-state index in [2.05, 4.69) is 28.7 Å². The van der Waals surface area contributed by atoms with Crippen LogP contribution in [-0.2, 0) is 0 Å². The van der Waals surface area contributed by atoms with Crippen molar-refractivity contribution in [3.63, 3.8) is 0 Å². The molecule has 66 valence electrons. The van der Waals surface area contributed by atoms with E-state index in [9.17, 15) is 0 Å². The highest BCUT2D eigenvalue weighted by molar-refractivity contribution is 5.28. The van der Waals surface area contributed by atoms with Gasteiger partial charge in [-0.05, 0) is 26.3 Å². The number of anilines is 1. The summed E-state index contributed by atoms with van der Waals surface area (Å²) in [7, 11) is 0. The highest BCUT2D eigenvalue weighted by Gasteiger charge is 2.02. The molecular formula is C9H15N3. The number of rotatable bonds is 3. The van der Waals surface area contributed by atoms with Crippen LogP contribution in [0, 0.1) is 6.92 Å². The van der Waals surface area contributed by atoms with Gasteiger partial charge in [-0.2, -0.15) is 0 Å². The number of nitrogens with zero attached hydrogens (tertiary/aromatic N) is 3. The SMILES string of the molecule is CCN(CC)c1ncc(C)cn1. The van der Waals surface area contributed by atoms with Gasteiger partial charge in [-0.1, -0.05) is 0 Å². The molecule has 0 saturated heterocycles. The lowest BCUT2D eigenvalue weighted by molar-refractivity contribution is 0.819. The summed E-state index contributed by atoms with van der Waals surface area (Å²) in [4.78, 5) is 10.6. The van der Waals surface area contributed by atoms with E-state index in [4.69, 9.17) is 0 Å². The zero-order valence-corrected chi connectivity index (χ0v) is 7.91. The monoisotopic (exact) mass is 165 g/mol. The predicted octanol–water partition coefficient (Wildman–Crippen LogP) is 1.63. The van der Waals surface area contributed by atoms with Gasteiger partial charge in [-0.15, -0.1) is 0 Å². The van der Waals surface area contributed by atoms with Gasteiger partial charge in [0.2, 0.25) is 5.95 Å². The number of hydrogen-bond donors (Lipinski definition) is 0. The third kappa shape index (κ3) is 1.94. The third-order valence-electron chi connectivity index (χ3n) is 1.81. The first-order valence-electron chi connectivity index (χ1n) is 4.31. The summed E-state index contributed by atoms with van der Waals surface area (Å²) in [6.07, 6.45) is 3.70. The van der Waals surface area contributed by atoms with Crippen molar-refractivity contribution in [2.75, 3.05) is 18.0 Å². The molecule has 1 heterocycles. The standard InChI is InChI=1S/C9H15N3/c1-4-12(5-2)9-10-6-8(3)7-11-9/h6-7H,4-5H2,1-3H3. The molecule has 0 saturated carbocycles. The van der Waals surface area contributed by atoms with E-state index >= 15 is 0 Å². The second-order valence-corrected chi connectivity index (χ2v) is 2.73. The molecule has 12 heavy (non-hydrogen) atoms. The van der Waals surface area contributed by atoms with Crippen molar-refractivity contribution in [3.8, 4) is 0 Å². The Balaban J connectivity index is 2.80. The normalized spacial score (nSPS) is 9.92. The fourth-order valence-electron chi connectivity index (χ4n) is 1.06. The predicted molar refractivity (Wildman–Crippen MR) is 50.3 cm³/mol. The topological polar surface area (TPSA) is 29.0 Å². The Labute approximate surface area is 73.5 Å². The van der Waals surface area contributed by atoms with Crippen molar-refractivity contribution in [2.24, 2.45) is 0 Å². The molecule has 0 aromatic carbocycles. The molecule has 0 fully saturated rings. The van der Waals surface area contributed by atoms with Crippen LogP contribution in [0.1, 0.15) is 19.4 Å². The van der Waals surface area contributed by atoms with Gasteiger partial charge in [-0.25, -0.2) is 9.97 Å². The first kappa shape index (κ1) is 8.97. The van der Waals surface area contributed by atoms with Crippen molar-refractivity contribution in [1.29, 1.82) is 0 Å². The van der Waals surface area contributed by atoms with E-state index in [0.29, 0.717) is 0 Å². The largest absolute Gasteiger partial charge is 0.341 e. The summed E-state index contributed by atoms with van der Waals surface area (Å²) in [5.74, 6) is 0.825. The van der Waals surface area contributed by atoms with Crippen LogP contribution in [0.2, 0.25) is 0 Å². The Morgan fingerprint density at radius 3 is 2.08 bits per heavy atom. The molecule has 1 aromatic rings. The van der Waals surface area contributed by atoms with E-state index in [-0.39, 0.29) is 0 Å². The van der Waals surface area contributed by atoms with E-state index in [0.717, 1.165) is 24.6 Å². The molecule has 0 radical (unpaired) electrons. The maximum atomic E-state index is 4.24. The van der Waals surface area contributed by atoms with Crippen molar-refractivity contribution < 1.29 is 0 Å². The minimum absolute atomic E-state index is 0.825. The van der Waals surface area contributed by atoms with E-state index < -0.39 is 0 Å². The van der Waals surface area contributed by atoms with Gasteiger partial charge in [0, 0.05) is 25.5 Å². The van der Waals surface area contributed by atoms with Crippen LogP contribution < -0.4 is 4.90 Å². The van der Waals surface area contributed by atoms with Gasteiger partial charge < -0.3 is 4.90 Å². The molecule has 0 N–H and O–H groups in total. The summed E-state index contributed by atoms with van der Waals surface area (Å²) < 4.78 is 0. The molecule has 0 aliphatic heterocycles. The highest BCUT2D eigenvalue weighted by atomic mass is 15.2. The molecule has 0 aliphatic rings. The van der Waals surface area contributed by atoms with Crippen LogP contribution in [0.25, 0.3) is 0 Å². The van der Waals surface area contributed by atoms with Crippen molar-refractivity contribution in [1.82, 2.24) is 9.97 Å². The minimum Gasteiger partial charge on any atom is -0.341 e. The lowest BCUT2D eigenvalue weighted by atomic mass is 10.4. The lowest BCUT2D eigenvalue weighted by Crippen LogP contribution is -2.23. The fourth-order valence-corrected chi connectivity index (χ4v) is 1.06. The summed E-state index contributed by atoms with van der Waals surface area (Å²) in [6.45, 7) is 8.12. The molecule has 0 bridgehead atoms. The second kappa shape index (κ2) is 4.04. The van der Waals surface area contributed by atoms with E-state index in [1.54, 1.807) is 0 Å². The summed E-state index contributed by atoms with van der Waals surface area (Å²) >= 11 is 0. The Morgan fingerprint density at radius 2 is 1.67 bits per heavy atom. The van der Waals surface area contributed by atoms with Gasteiger partial charge in [0.15, 0.2) is 0 Å². The number of aryl methyl sites for hydroxylation is 1. The van der Waals surface area contributed by atoms with Crippen LogP contribution in [0.15, 0.2) is 12.4 Å². The first-order chi connectivity index (χ1) is 5.77. The Morgan fingerprint density at radius 1 is 1.17 bits per heavy atom. The van der Waals surface area contributed by atoms with Gasteiger partial charge in [0.25, 0.3) is 0 Å². The van der Waals surface area contributed by atoms with E-state index in [1.165, 1.54) is 0 Å². The molecule has 1 aromatic heterocycles. The van der Waals surface area contributed by atoms with E-state index in [1.807, 2.05) is 19.3 Å². The molecular weight excluding hydrogens is 150 g/mol. The Bertz CT molecular complexity index is 226. The van der Waals surface area contributed by atoms with Gasteiger partial charge >= 0.3 is 0 Å². The quantitative estimate of drug-likeness (QED) is 0.681. The first-order valence-corrected chi connectivity index (χ1v) is 4.31. The maximum Gasteiger partial charge on any atom is 0.225 e. The molecule has 0 spiro atoms. The summed E-state index contributed by atoms with van der Waals surface area (Å²) in [6, 6.07) is 0. The molecule has 0 atom stereocenters. The number of aromatic nitrogens is 2. The van der Waals surface area contributed by atoms with Crippen LogP contribution in [0.5, 0.6) is 0 Å². The molecule has 3 nitrogen and oxygen atoms in total. The molecule has 0 unspecified atom stereocenters. The average Bonchev–Trinajstić information content (AvgIpc) is 2.10. The average molecular weight is 165 g/mol. The van der Waals surface area contributed by atoms with Crippen molar-refractivity contribution in [3.05, 3.63) is 18.0 Å². The zero-order valence-electron chi connectivity index (χ0n) is 7.91. The fraction of sp³-hybridized carbons (Fsp3) is 0.556. The van der Waals surface area contributed by atoms with Crippen LogP contribution >= 0.6 is 0 Å². The molecule has 1 rings (SSSR count). The van der Waals surface area contributed by atoms with Crippen molar-refractivity contribution in [2.45, 2.75) is 20.8 Å². The van der Waals surface area contributed by atoms with Crippen LogP contribution in [-0.4, -0.2) is 23.1 Å². The van der Waals surface area contributed by atoms with Gasteiger partial charge in [0.05, 0.1) is 0 Å². The van der Waals surface area contributed by atoms with Gasteiger partial charge in [-0.3, -0.25) is 0 Å². The van der Waals surface area contributed by atoms with Gasteiger partial charge in [0.1, 0.15) is 0 Å². The molecule has 3 heteroatoms. The Hall–Kier alpha value is -1.12. The lowest BCUT2D eigenvalue weighted by Gasteiger charge is -2.17. The highest BCUT2D eigenvalue weighted by Crippen LogP contribution is 2.04.